The summed E-state index contributed by atoms with van der Waals surface area (Å²) in [6.45, 7) is 4.00. The van der Waals surface area contributed by atoms with Crippen LogP contribution >= 0.6 is 0 Å². The van der Waals surface area contributed by atoms with Crippen LogP contribution in [0, 0.1) is 0 Å². The fourth-order valence-electron chi connectivity index (χ4n) is 2.63. The van der Waals surface area contributed by atoms with E-state index in [4.69, 9.17) is 9.47 Å². The molecule has 0 aliphatic heterocycles. The third kappa shape index (κ3) is 17.5. The molecule has 0 saturated carbocycles. The van der Waals surface area contributed by atoms with Crippen molar-refractivity contribution in [3.05, 3.63) is 12.2 Å². The predicted molar refractivity (Wildman–Crippen MR) is 102 cm³/mol. The average Bonchev–Trinajstić information content (AvgIpc) is 2.58. The largest absolute Gasteiger partial charge is 0.436 e. The summed E-state index contributed by atoms with van der Waals surface area (Å²) in [6.07, 6.45) is 21.2. The molecule has 0 aromatic heterocycles. The first-order valence-electron chi connectivity index (χ1n) is 10.1. The molecular weight excluding hydrogens is 300 g/mol. The minimum Gasteiger partial charge on any atom is -0.436 e. The lowest BCUT2D eigenvalue weighted by atomic mass is 10.1. The molecular formula is C21H40O3. The molecule has 0 fully saturated rings. The zero-order valence-corrected chi connectivity index (χ0v) is 16.4. The number of methoxy groups -OCH3 is 1. The Morgan fingerprint density at radius 3 is 1.88 bits per heavy atom. The van der Waals surface area contributed by atoms with Crippen molar-refractivity contribution in [2.75, 3.05) is 7.11 Å². The van der Waals surface area contributed by atoms with Gasteiger partial charge in [0.25, 0.3) is 0 Å². The van der Waals surface area contributed by atoms with E-state index in [0.717, 1.165) is 12.8 Å². The average molecular weight is 341 g/mol. The van der Waals surface area contributed by atoms with Gasteiger partial charge in [-0.05, 0) is 39.0 Å². The Morgan fingerprint density at radius 1 is 0.833 bits per heavy atom. The third-order valence-electron chi connectivity index (χ3n) is 4.27. The van der Waals surface area contributed by atoms with Gasteiger partial charge in [-0.15, -0.1) is 0 Å². The van der Waals surface area contributed by atoms with Gasteiger partial charge >= 0.3 is 5.97 Å². The zero-order valence-electron chi connectivity index (χ0n) is 16.4. The van der Waals surface area contributed by atoms with Crippen LogP contribution in [0.15, 0.2) is 12.2 Å². The van der Waals surface area contributed by atoms with Crippen molar-refractivity contribution in [2.45, 2.75) is 110 Å². The number of carbonyl (C=O) groups excluding carboxylic acids is 1. The normalized spacial score (nSPS) is 12.6. The second-order valence-electron chi connectivity index (χ2n) is 6.63. The van der Waals surface area contributed by atoms with Crippen LogP contribution in [0.2, 0.25) is 0 Å². The van der Waals surface area contributed by atoms with Crippen LogP contribution in [-0.4, -0.2) is 19.4 Å². The molecule has 1 atom stereocenters. The molecule has 0 heterocycles. The highest BCUT2D eigenvalue weighted by atomic mass is 16.7. The molecule has 0 aromatic rings. The fraction of sp³-hybridized carbons (Fsp3) is 0.857. The summed E-state index contributed by atoms with van der Waals surface area (Å²) < 4.78 is 9.95. The maximum absolute atomic E-state index is 11.4. The molecule has 142 valence electrons. The van der Waals surface area contributed by atoms with Crippen molar-refractivity contribution in [2.24, 2.45) is 0 Å². The van der Waals surface area contributed by atoms with E-state index < -0.39 is 6.29 Å². The monoisotopic (exact) mass is 340 g/mol. The quantitative estimate of drug-likeness (QED) is 0.130. The second kappa shape index (κ2) is 18.5. The van der Waals surface area contributed by atoms with E-state index in [1.54, 1.807) is 14.0 Å². The van der Waals surface area contributed by atoms with E-state index in [9.17, 15) is 4.79 Å². The molecule has 24 heavy (non-hydrogen) atoms. The van der Waals surface area contributed by atoms with E-state index in [2.05, 4.69) is 19.1 Å². The Kier molecular flexibility index (Phi) is 17.9. The van der Waals surface area contributed by atoms with E-state index >= 15 is 0 Å². The molecule has 0 amide bonds. The maximum Gasteiger partial charge on any atom is 0.308 e. The number of esters is 1. The van der Waals surface area contributed by atoms with Gasteiger partial charge in [0.1, 0.15) is 0 Å². The number of allylic oxidation sites excluding steroid dienone is 2. The highest BCUT2D eigenvalue weighted by Gasteiger charge is 2.07. The fourth-order valence-corrected chi connectivity index (χ4v) is 2.63. The minimum absolute atomic E-state index is 0.151. The first kappa shape index (κ1) is 23.2. The Morgan fingerprint density at radius 2 is 1.33 bits per heavy atom. The van der Waals surface area contributed by atoms with E-state index in [0.29, 0.717) is 6.42 Å². The number of unbranched alkanes of at least 4 members (excludes halogenated alkanes) is 11. The SMILES string of the molecule is CCCCCCCC/C=C/CCCCCCCC(=O)OC(C)OC. The van der Waals surface area contributed by atoms with Crippen LogP contribution < -0.4 is 0 Å². The lowest BCUT2D eigenvalue weighted by Gasteiger charge is -2.10. The Hall–Kier alpha value is -0.830. The van der Waals surface area contributed by atoms with Crippen LogP contribution in [-0.2, 0) is 14.3 Å². The molecule has 0 saturated heterocycles. The van der Waals surface area contributed by atoms with Crippen LogP contribution in [0.25, 0.3) is 0 Å². The molecule has 0 aliphatic rings. The smallest absolute Gasteiger partial charge is 0.308 e. The van der Waals surface area contributed by atoms with Crippen molar-refractivity contribution in [1.29, 1.82) is 0 Å². The number of carbonyl (C=O) groups is 1. The van der Waals surface area contributed by atoms with Crippen molar-refractivity contribution >= 4 is 5.97 Å². The molecule has 3 heteroatoms. The van der Waals surface area contributed by atoms with E-state index in [-0.39, 0.29) is 5.97 Å². The van der Waals surface area contributed by atoms with Crippen LogP contribution in [0.4, 0.5) is 0 Å². The molecule has 0 rings (SSSR count). The third-order valence-corrected chi connectivity index (χ3v) is 4.27. The number of rotatable bonds is 17. The number of hydrogen-bond donors (Lipinski definition) is 0. The Balaban J connectivity index is 3.22. The van der Waals surface area contributed by atoms with Crippen molar-refractivity contribution < 1.29 is 14.3 Å². The second-order valence-corrected chi connectivity index (χ2v) is 6.63. The van der Waals surface area contributed by atoms with Gasteiger partial charge in [-0.2, -0.15) is 0 Å². The molecule has 3 nitrogen and oxygen atoms in total. The van der Waals surface area contributed by atoms with Crippen LogP contribution in [0.1, 0.15) is 104 Å². The summed E-state index contributed by atoms with van der Waals surface area (Å²) in [5, 5.41) is 0. The van der Waals surface area contributed by atoms with Gasteiger partial charge in [-0.25, -0.2) is 0 Å². The molecule has 0 aromatic carbocycles. The highest BCUT2D eigenvalue weighted by molar-refractivity contribution is 5.69. The van der Waals surface area contributed by atoms with E-state index in [1.807, 2.05) is 0 Å². The van der Waals surface area contributed by atoms with Gasteiger partial charge in [-0.3, -0.25) is 4.79 Å². The summed E-state index contributed by atoms with van der Waals surface area (Å²) in [6, 6.07) is 0. The topological polar surface area (TPSA) is 35.5 Å². The van der Waals surface area contributed by atoms with Gasteiger partial charge in [0, 0.05) is 13.5 Å². The van der Waals surface area contributed by atoms with Crippen LogP contribution in [0.3, 0.4) is 0 Å². The van der Waals surface area contributed by atoms with Gasteiger partial charge < -0.3 is 9.47 Å². The van der Waals surface area contributed by atoms with Crippen LogP contribution in [0.5, 0.6) is 0 Å². The van der Waals surface area contributed by atoms with Crippen molar-refractivity contribution in [1.82, 2.24) is 0 Å². The molecule has 0 N–H and O–H groups in total. The first-order valence-corrected chi connectivity index (χ1v) is 10.1. The summed E-state index contributed by atoms with van der Waals surface area (Å²) in [5.41, 5.74) is 0. The number of ether oxygens (including phenoxy) is 2. The van der Waals surface area contributed by atoms with Gasteiger partial charge in [-0.1, -0.05) is 70.4 Å². The Labute approximate surface area is 150 Å². The molecule has 0 aliphatic carbocycles. The number of hydrogen-bond acceptors (Lipinski definition) is 3. The molecule has 1 unspecified atom stereocenters. The molecule has 0 bridgehead atoms. The van der Waals surface area contributed by atoms with E-state index in [1.165, 1.54) is 70.6 Å². The lowest BCUT2D eigenvalue weighted by Crippen LogP contribution is -2.16. The maximum atomic E-state index is 11.4. The lowest BCUT2D eigenvalue weighted by molar-refractivity contribution is -0.169. The van der Waals surface area contributed by atoms with Crippen molar-refractivity contribution in [3.8, 4) is 0 Å². The summed E-state index contributed by atoms with van der Waals surface area (Å²) in [5.74, 6) is -0.151. The predicted octanol–water partition coefficient (Wildman–Crippen LogP) is 6.56. The molecule has 0 spiro atoms. The summed E-state index contributed by atoms with van der Waals surface area (Å²) in [4.78, 5) is 11.4. The zero-order chi connectivity index (χ0) is 17.9. The highest BCUT2D eigenvalue weighted by Crippen LogP contribution is 2.10. The minimum atomic E-state index is -0.430. The van der Waals surface area contributed by atoms with Gasteiger partial charge in [0.15, 0.2) is 6.29 Å². The summed E-state index contributed by atoms with van der Waals surface area (Å²) >= 11 is 0. The molecule has 0 radical (unpaired) electrons. The van der Waals surface area contributed by atoms with Gasteiger partial charge in [0.2, 0.25) is 0 Å². The first-order chi connectivity index (χ1) is 11.7. The van der Waals surface area contributed by atoms with Crippen molar-refractivity contribution in [3.63, 3.8) is 0 Å². The Bertz CT molecular complexity index is 299. The summed E-state index contributed by atoms with van der Waals surface area (Å²) in [7, 11) is 1.54. The standard InChI is InChI=1S/C21H40O3/c1-4-5-6-7-8-9-10-11-12-13-14-15-16-17-18-19-21(22)24-20(2)23-3/h11-12,20H,4-10,13-19H2,1-3H3/b12-11+. The van der Waals surface area contributed by atoms with Gasteiger partial charge in [0.05, 0.1) is 0 Å².